The van der Waals surface area contributed by atoms with Crippen LogP contribution in [0.3, 0.4) is 0 Å². The number of aryl methyl sites for hydroxylation is 1. The van der Waals surface area contributed by atoms with E-state index in [1.807, 2.05) is 0 Å². The van der Waals surface area contributed by atoms with Gasteiger partial charge in [0, 0.05) is 21.8 Å². The Labute approximate surface area is 210 Å². The van der Waals surface area contributed by atoms with Gasteiger partial charge in [-0.2, -0.15) is 13.9 Å². The monoisotopic (exact) mass is 545 g/mol. The van der Waals surface area contributed by atoms with Crippen LogP contribution in [0.1, 0.15) is 27.6 Å². The predicted octanol–water partition coefficient (Wildman–Crippen LogP) is 6.67. The maximum absolute atomic E-state index is 13.7. The number of rotatable bonds is 7. The third-order valence-corrected chi connectivity index (χ3v) is 5.56. The molecule has 0 aliphatic carbocycles. The molecule has 0 saturated heterocycles. The number of hydrogen-bond acceptors (Lipinski definition) is 4. The molecular weight excluding hydrogens is 532 g/mol. The molecule has 188 valence electrons. The van der Waals surface area contributed by atoms with Gasteiger partial charge in [0.15, 0.2) is 17.3 Å². The van der Waals surface area contributed by atoms with Crippen LogP contribution < -0.4 is 10.1 Å². The Morgan fingerprint density at radius 3 is 2.33 bits per heavy atom. The second kappa shape index (κ2) is 10.2. The highest BCUT2D eigenvalue weighted by molar-refractivity contribution is 6.35. The lowest BCUT2D eigenvalue weighted by Crippen LogP contribution is -2.12. The average Bonchev–Trinajstić information content (AvgIpc) is 3.44. The highest BCUT2D eigenvalue weighted by Crippen LogP contribution is 2.30. The Hall–Kier alpha value is -3.57. The number of ether oxygens (including phenoxy) is 1. The molecule has 0 radical (unpaired) electrons. The van der Waals surface area contributed by atoms with Crippen LogP contribution in [-0.2, 0) is 13.2 Å². The minimum absolute atomic E-state index is 0.108. The van der Waals surface area contributed by atoms with Crippen LogP contribution in [0.4, 0.5) is 27.8 Å². The molecule has 6 nitrogen and oxygen atoms in total. The van der Waals surface area contributed by atoms with Crippen LogP contribution in [-0.4, -0.2) is 15.7 Å². The number of halogens is 7. The normalized spacial score (nSPS) is 11.1. The van der Waals surface area contributed by atoms with Crippen molar-refractivity contribution in [1.29, 1.82) is 0 Å². The standard InChI is InChI=1S/C23H14Cl2F5N3O3/c1-10-6-16(32-33(10)8-11-2-3-12(24)7-14(11)25)31-23(34)15-5-4-13(36-15)9-35-22-20(29)18(27)17(26)19(28)21(22)30/h2-7H,8-9H2,1H3,(H,31,32,34). The molecule has 1 N–H and O–H groups in total. The van der Waals surface area contributed by atoms with Crippen LogP contribution in [0, 0.1) is 36.0 Å². The highest BCUT2D eigenvalue weighted by Gasteiger charge is 2.27. The molecule has 2 aromatic carbocycles. The molecule has 0 bridgehead atoms. The van der Waals surface area contributed by atoms with E-state index in [0.717, 1.165) is 5.56 Å². The number of nitrogens with zero attached hydrogens (tertiary/aromatic N) is 2. The summed E-state index contributed by atoms with van der Waals surface area (Å²) >= 11 is 12.1. The van der Waals surface area contributed by atoms with Gasteiger partial charge in [-0.25, -0.2) is 13.2 Å². The summed E-state index contributed by atoms with van der Waals surface area (Å²) in [6, 6.07) is 9.14. The van der Waals surface area contributed by atoms with E-state index < -0.39 is 47.3 Å². The summed E-state index contributed by atoms with van der Waals surface area (Å²) in [5.74, 6) is -13.1. The second-order valence-corrected chi connectivity index (χ2v) is 8.32. The fourth-order valence-corrected chi connectivity index (χ4v) is 3.62. The van der Waals surface area contributed by atoms with Crippen molar-refractivity contribution in [2.45, 2.75) is 20.1 Å². The Morgan fingerprint density at radius 1 is 1.00 bits per heavy atom. The van der Waals surface area contributed by atoms with Gasteiger partial charge in [0.05, 0.1) is 6.54 Å². The first kappa shape index (κ1) is 25.5. The molecule has 1 amide bonds. The first-order chi connectivity index (χ1) is 17.0. The van der Waals surface area contributed by atoms with Crippen LogP contribution in [0.25, 0.3) is 0 Å². The average molecular weight is 546 g/mol. The van der Waals surface area contributed by atoms with E-state index in [9.17, 15) is 26.7 Å². The topological polar surface area (TPSA) is 69.3 Å². The zero-order chi connectivity index (χ0) is 26.1. The van der Waals surface area contributed by atoms with Gasteiger partial charge in [0.2, 0.25) is 29.1 Å². The fourth-order valence-electron chi connectivity index (χ4n) is 3.15. The van der Waals surface area contributed by atoms with Crippen molar-refractivity contribution in [1.82, 2.24) is 9.78 Å². The minimum atomic E-state index is -2.30. The van der Waals surface area contributed by atoms with Crippen LogP contribution in [0.5, 0.6) is 5.75 Å². The van der Waals surface area contributed by atoms with Gasteiger partial charge in [0.1, 0.15) is 12.4 Å². The lowest BCUT2D eigenvalue weighted by molar-refractivity contribution is 0.0991. The van der Waals surface area contributed by atoms with E-state index in [4.69, 9.17) is 32.4 Å². The number of hydrogen-bond donors (Lipinski definition) is 1. The van der Waals surface area contributed by atoms with Gasteiger partial charge in [-0.05, 0) is 36.8 Å². The largest absolute Gasteiger partial charge is 0.479 e. The molecule has 2 aromatic heterocycles. The van der Waals surface area contributed by atoms with Crippen LogP contribution in [0.2, 0.25) is 10.0 Å². The molecule has 2 heterocycles. The van der Waals surface area contributed by atoms with Crippen molar-refractivity contribution in [3.8, 4) is 5.75 Å². The fraction of sp³-hybridized carbons (Fsp3) is 0.130. The number of carbonyl (C=O) groups excluding carboxylic acids is 1. The smallest absolute Gasteiger partial charge is 0.292 e. The van der Waals surface area contributed by atoms with Crippen molar-refractivity contribution in [2.75, 3.05) is 5.32 Å². The number of anilines is 1. The van der Waals surface area contributed by atoms with Gasteiger partial charge in [-0.3, -0.25) is 9.48 Å². The Kier molecular flexibility index (Phi) is 7.23. The first-order valence-electron chi connectivity index (χ1n) is 10.1. The number of nitrogens with one attached hydrogen (secondary N) is 1. The molecule has 4 rings (SSSR count). The van der Waals surface area contributed by atoms with Crippen LogP contribution >= 0.6 is 23.2 Å². The number of aromatic nitrogens is 2. The molecule has 0 atom stereocenters. The zero-order valence-corrected chi connectivity index (χ0v) is 19.7. The first-order valence-corrected chi connectivity index (χ1v) is 10.8. The molecule has 0 spiro atoms. The molecule has 0 aliphatic heterocycles. The van der Waals surface area contributed by atoms with Crippen molar-refractivity contribution in [2.24, 2.45) is 0 Å². The Bertz CT molecular complexity index is 1440. The Balaban J connectivity index is 1.42. The number of benzene rings is 2. The zero-order valence-electron chi connectivity index (χ0n) is 18.1. The minimum Gasteiger partial charge on any atom is -0.479 e. The van der Waals surface area contributed by atoms with Gasteiger partial charge in [0.25, 0.3) is 5.91 Å². The molecule has 0 unspecified atom stereocenters. The summed E-state index contributed by atoms with van der Waals surface area (Å²) in [6.45, 7) is 1.38. The van der Waals surface area contributed by atoms with Gasteiger partial charge >= 0.3 is 0 Å². The molecule has 0 fully saturated rings. The van der Waals surface area contributed by atoms with Crippen molar-refractivity contribution >= 4 is 34.9 Å². The SMILES string of the molecule is Cc1cc(NC(=O)c2ccc(COc3c(F)c(F)c(F)c(F)c3F)o2)nn1Cc1ccc(Cl)cc1Cl. The molecule has 36 heavy (non-hydrogen) atoms. The van der Waals surface area contributed by atoms with Crippen molar-refractivity contribution in [3.63, 3.8) is 0 Å². The maximum Gasteiger partial charge on any atom is 0.292 e. The van der Waals surface area contributed by atoms with Gasteiger partial charge < -0.3 is 14.5 Å². The quantitative estimate of drug-likeness (QED) is 0.160. The third kappa shape index (κ3) is 5.17. The van der Waals surface area contributed by atoms with E-state index in [0.29, 0.717) is 22.3 Å². The molecule has 0 aliphatic rings. The summed E-state index contributed by atoms with van der Waals surface area (Å²) in [7, 11) is 0. The number of furan rings is 1. The summed E-state index contributed by atoms with van der Waals surface area (Å²) in [4.78, 5) is 12.5. The number of carbonyl (C=O) groups is 1. The van der Waals surface area contributed by atoms with E-state index in [1.165, 1.54) is 12.1 Å². The lowest BCUT2D eigenvalue weighted by atomic mass is 10.2. The summed E-state index contributed by atoms with van der Waals surface area (Å²) < 4.78 is 78.8. The highest BCUT2D eigenvalue weighted by atomic mass is 35.5. The van der Waals surface area contributed by atoms with E-state index in [-0.39, 0.29) is 17.3 Å². The van der Waals surface area contributed by atoms with Crippen LogP contribution in [0.15, 0.2) is 40.8 Å². The molecular formula is C23H14Cl2F5N3O3. The van der Waals surface area contributed by atoms with E-state index >= 15 is 0 Å². The third-order valence-electron chi connectivity index (χ3n) is 4.97. The Morgan fingerprint density at radius 2 is 1.67 bits per heavy atom. The van der Waals surface area contributed by atoms with Gasteiger partial charge in [-0.1, -0.05) is 29.3 Å². The second-order valence-electron chi connectivity index (χ2n) is 7.47. The molecule has 4 aromatic rings. The van der Waals surface area contributed by atoms with E-state index in [2.05, 4.69) is 10.4 Å². The maximum atomic E-state index is 13.7. The molecule has 0 saturated carbocycles. The van der Waals surface area contributed by atoms with E-state index in [1.54, 1.807) is 35.9 Å². The molecule has 13 heteroatoms. The van der Waals surface area contributed by atoms with Gasteiger partial charge in [-0.15, -0.1) is 0 Å². The summed E-state index contributed by atoms with van der Waals surface area (Å²) in [5.41, 5.74) is 1.47. The lowest BCUT2D eigenvalue weighted by Gasteiger charge is -2.09. The summed E-state index contributed by atoms with van der Waals surface area (Å²) in [5, 5.41) is 7.78. The van der Waals surface area contributed by atoms with Crippen molar-refractivity contribution < 1.29 is 35.9 Å². The van der Waals surface area contributed by atoms with Crippen molar-refractivity contribution in [3.05, 3.63) is 98.3 Å². The number of amides is 1. The summed E-state index contributed by atoms with van der Waals surface area (Å²) in [6.07, 6.45) is 0. The predicted molar refractivity (Wildman–Crippen MR) is 120 cm³/mol.